The number of nitrogens with one attached hydrogen (secondary N) is 2. The van der Waals surface area contributed by atoms with Gasteiger partial charge in [-0.15, -0.1) is 0 Å². The van der Waals surface area contributed by atoms with Crippen LogP contribution in [0.2, 0.25) is 0 Å². The second-order valence-corrected chi connectivity index (χ2v) is 4.44. The summed E-state index contributed by atoms with van der Waals surface area (Å²) in [5.41, 5.74) is 3.16. The molecule has 0 bridgehead atoms. The second-order valence-electron chi connectivity index (χ2n) is 4.44. The number of fused-ring (bicyclic) bond motifs is 1. The summed E-state index contributed by atoms with van der Waals surface area (Å²) in [7, 11) is 1.48. The molecule has 0 atom stereocenters. The van der Waals surface area contributed by atoms with E-state index in [4.69, 9.17) is 4.74 Å². The van der Waals surface area contributed by atoms with Crippen LogP contribution in [0.25, 0.3) is 16.5 Å². The van der Waals surface area contributed by atoms with Crippen molar-refractivity contribution in [2.45, 2.75) is 6.42 Å². The molecule has 1 aromatic heterocycles. The SMILES string of the molecule is COc1cc2cc(C3=CCNCC3)[nH]c2cc1F. The van der Waals surface area contributed by atoms with Crippen molar-refractivity contribution in [3.8, 4) is 5.75 Å². The molecule has 0 saturated heterocycles. The Morgan fingerprint density at radius 3 is 2.89 bits per heavy atom. The fourth-order valence-corrected chi connectivity index (χ4v) is 2.33. The highest BCUT2D eigenvalue weighted by molar-refractivity contribution is 5.86. The third-order valence-corrected chi connectivity index (χ3v) is 3.30. The molecule has 0 radical (unpaired) electrons. The van der Waals surface area contributed by atoms with Crippen molar-refractivity contribution in [3.05, 3.63) is 35.8 Å². The van der Waals surface area contributed by atoms with Crippen LogP contribution < -0.4 is 10.1 Å². The highest BCUT2D eigenvalue weighted by Crippen LogP contribution is 2.28. The van der Waals surface area contributed by atoms with Gasteiger partial charge in [0.25, 0.3) is 0 Å². The molecule has 3 nitrogen and oxygen atoms in total. The van der Waals surface area contributed by atoms with Crippen LogP contribution in [0.3, 0.4) is 0 Å². The summed E-state index contributed by atoms with van der Waals surface area (Å²) in [6.07, 6.45) is 3.16. The summed E-state index contributed by atoms with van der Waals surface area (Å²) in [5, 5.41) is 4.25. The summed E-state index contributed by atoms with van der Waals surface area (Å²) in [6.45, 7) is 1.88. The van der Waals surface area contributed by atoms with Gasteiger partial charge in [-0.3, -0.25) is 0 Å². The third kappa shape index (κ3) is 1.88. The lowest BCUT2D eigenvalue weighted by molar-refractivity contribution is 0.387. The molecule has 0 fully saturated rings. The standard InChI is InChI=1S/C14H15FN2O/c1-18-14-7-10-6-12(9-2-4-16-5-3-9)17-13(10)8-11(14)15/h2,6-8,16-17H,3-5H2,1H3. The first-order valence-electron chi connectivity index (χ1n) is 6.04. The molecule has 1 aliphatic heterocycles. The van der Waals surface area contributed by atoms with Crippen LogP contribution >= 0.6 is 0 Å². The predicted octanol–water partition coefficient (Wildman–Crippen LogP) is 2.69. The van der Waals surface area contributed by atoms with Gasteiger partial charge in [-0.25, -0.2) is 4.39 Å². The number of rotatable bonds is 2. The van der Waals surface area contributed by atoms with Gasteiger partial charge in [0.2, 0.25) is 0 Å². The summed E-state index contributed by atoms with van der Waals surface area (Å²) in [6, 6.07) is 5.26. The maximum atomic E-state index is 13.6. The van der Waals surface area contributed by atoms with Gasteiger partial charge in [-0.05, 0) is 30.7 Å². The molecule has 2 heterocycles. The lowest BCUT2D eigenvalue weighted by Crippen LogP contribution is -2.20. The largest absolute Gasteiger partial charge is 0.494 e. The molecule has 0 spiro atoms. The van der Waals surface area contributed by atoms with Crippen LogP contribution in [0.5, 0.6) is 5.75 Å². The molecule has 18 heavy (non-hydrogen) atoms. The van der Waals surface area contributed by atoms with Gasteiger partial charge in [0.05, 0.1) is 7.11 Å². The average Bonchev–Trinajstić information content (AvgIpc) is 2.81. The van der Waals surface area contributed by atoms with Gasteiger partial charge in [0, 0.05) is 29.2 Å². The van der Waals surface area contributed by atoms with Crippen molar-refractivity contribution in [3.63, 3.8) is 0 Å². The van der Waals surface area contributed by atoms with E-state index in [0.29, 0.717) is 0 Å². The van der Waals surface area contributed by atoms with Crippen molar-refractivity contribution in [2.24, 2.45) is 0 Å². The molecule has 0 unspecified atom stereocenters. The number of methoxy groups -OCH3 is 1. The zero-order valence-electron chi connectivity index (χ0n) is 10.2. The molecule has 1 aliphatic rings. The van der Waals surface area contributed by atoms with Crippen LogP contribution in [0.1, 0.15) is 12.1 Å². The van der Waals surface area contributed by atoms with Gasteiger partial charge < -0.3 is 15.0 Å². The Bertz CT molecular complexity index is 616. The minimum absolute atomic E-state index is 0.285. The molecule has 2 aromatic rings. The van der Waals surface area contributed by atoms with E-state index >= 15 is 0 Å². The monoisotopic (exact) mass is 246 g/mol. The Morgan fingerprint density at radius 1 is 1.28 bits per heavy atom. The van der Waals surface area contributed by atoms with E-state index in [1.807, 2.05) is 0 Å². The molecular weight excluding hydrogens is 231 g/mol. The number of hydrogen-bond acceptors (Lipinski definition) is 2. The highest BCUT2D eigenvalue weighted by atomic mass is 19.1. The van der Waals surface area contributed by atoms with E-state index in [1.54, 1.807) is 6.07 Å². The normalized spacial score (nSPS) is 15.8. The lowest BCUT2D eigenvalue weighted by Gasteiger charge is -2.12. The lowest BCUT2D eigenvalue weighted by atomic mass is 10.1. The van der Waals surface area contributed by atoms with Gasteiger partial charge >= 0.3 is 0 Å². The van der Waals surface area contributed by atoms with Crippen LogP contribution in [0.15, 0.2) is 24.3 Å². The number of aromatic amines is 1. The Hall–Kier alpha value is -1.81. The van der Waals surface area contributed by atoms with Crippen molar-refractivity contribution >= 4 is 16.5 Å². The van der Waals surface area contributed by atoms with E-state index < -0.39 is 0 Å². The molecule has 0 saturated carbocycles. The van der Waals surface area contributed by atoms with Crippen LogP contribution in [0.4, 0.5) is 4.39 Å². The molecule has 2 N–H and O–H groups in total. The molecule has 4 heteroatoms. The first kappa shape index (κ1) is 11.3. The molecule has 94 valence electrons. The van der Waals surface area contributed by atoms with Gasteiger partial charge in [0.1, 0.15) is 0 Å². The van der Waals surface area contributed by atoms with Crippen LogP contribution in [-0.4, -0.2) is 25.2 Å². The fraction of sp³-hybridized carbons (Fsp3) is 0.286. The molecule has 3 rings (SSSR count). The van der Waals surface area contributed by atoms with Crippen molar-refractivity contribution in [1.29, 1.82) is 0 Å². The third-order valence-electron chi connectivity index (χ3n) is 3.30. The van der Waals surface area contributed by atoms with Gasteiger partial charge in [-0.2, -0.15) is 0 Å². The van der Waals surface area contributed by atoms with E-state index in [2.05, 4.69) is 22.4 Å². The summed E-state index contributed by atoms with van der Waals surface area (Å²) in [4.78, 5) is 3.27. The van der Waals surface area contributed by atoms with Crippen molar-refractivity contribution in [2.75, 3.05) is 20.2 Å². The minimum Gasteiger partial charge on any atom is -0.494 e. The highest BCUT2D eigenvalue weighted by Gasteiger charge is 2.11. The maximum absolute atomic E-state index is 13.6. The number of hydrogen-bond donors (Lipinski definition) is 2. The fourth-order valence-electron chi connectivity index (χ4n) is 2.33. The quantitative estimate of drug-likeness (QED) is 0.854. The Morgan fingerprint density at radius 2 is 2.17 bits per heavy atom. The van der Waals surface area contributed by atoms with E-state index in [-0.39, 0.29) is 11.6 Å². The van der Waals surface area contributed by atoms with Crippen molar-refractivity contribution in [1.82, 2.24) is 10.3 Å². The second kappa shape index (κ2) is 4.46. The smallest absolute Gasteiger partial charge is 0.167 e. The minimum atomic E-state index is -0.335. The van der Waals surface area contributed by atoms with E-state index in [9.17, 15) is 4.39 Å². The van der Waals surface area contributed by atoms with Crippen molar-refractivity contribution < 1.29 is 9.13 Å². The van der Waals surface area contributed by atoms with Crippen LogP contribution in [-0.2, 0) is 0 Å². The first-order chi connectivity index (χ1) is 8.78. The summed E-state index contributed by atoms with van der Waals surface area (Å²) < 4.78 is 18.6. The molecule has 1 aromatic carbocycles. The first-order valence-corrected chi connectivity index (χ1v) is 6.04. The van der Waals surface area contributed by atoms with E-state index in [0.717, 1.165) is 36.1 Å². The summed E-state index contributed by atoms with van der Waals surface area (Å²) in [5.74, 6) is -0.0509. The number of H-pyrrole nitrogens is 1. The Labute approximate surface area is 105 Å². The van der Waals surface area contributed by atoms with Crippen LogP contribution in [0, 0.1) is 5.82 Å². The molecular formula is C14H15FN2O. The number of ether oxygens (including phenoxy) is 1. The number of benzene rings is 1. The Kier molecular flexibility index (Phi) is 2.80. The van der Waals surface area contributed by atoms with Gasteiger partial charge in [-0.1, -0.05) is 6.08 Å². The van der Waals surface area contributed by atoms with E-state index in [1.165, 1.54) is 18.7 Å². The molecule has 0 aliphatic carbocycles. The zero-order valence-corrected chi connectivity index (χ0v) is 10.2. The topological polar surface area (TPSA) is 37.0 Å². The zero-order chi connectivity index (χ0) is 12.5. The Balaban J connectivity index is 2.07. The van der Waals surface area contributed by atoms with Gasteiger partial charge in [0.15, 0.2) is 11.6 Å². The number of aromatic nitrogens is 1. The average molecular weight is 246 g/mol. The molecule has 0 amide bonds. The number of halogens is 1. The predicted molar refractivity (Wildman–Crippen MR) is 70.3 cm³/mol. The summed E-state index contributed by atoms with van der Waals surface area (Å²) >= 11 is 0. The maximum Gasteiger partial charge on any atom is 0.167 e.